The number of hydrogen-bond donors (Lipinski definition) is 2. The zero-order chi connectivity index (χ0) is 27.9. The minimum absolute atomic E-state index is 0.869. The molecule has 8 rings (SSSR count). The largest absolute Gasteiger partial charge is 0.317 e. The summed E-state index contributed by atoms with van der Waals surface area (Å²) in [5.41, 5.74) is 0. The SMILES string of the molecule is C1CCC(N(C2CCNCC2)C2CC3CCCC4C3C3C(CCCC32)CC4N(C2CCCCC2)C2CCNCC2)CC1. The molecule has 0 bridgehead atoms. The molecule has 0 spiro atoms. The highest BCUT2D eigenvalue weighted by molar-refractivity contribution is 5.11. The van der Waals surface area contributed by atoms with Gasteiger partial charge in [0.2, 0.25) is 0 Å². The van der Waals surface area contributed by atoms with Gasteiger partial charge in [-0.25, -0.2) is 0 Å². The summed E-state index contributed by atoms with van der Waals surface area (Å²) in [5, 5.41) is 7.47. The lowest BCUT2D eigenvalue weighted by Crippen LogP contribution is -2.66. The molecule has 0 aromatic carbocycles. The van der Waals surface area contributed by atoms with Crippen LogP contribution < -0.4 is 10.6 Å². The summed E-state index contributed by atoms with van der Waals surface area (Å²) in [5.74, 6) is 6.24. The zero-order valence-electron chi connectivity index (χ0n) is 27.2. The lowest BCUT2D eigenvalue weighted by molar-refractivity contribution is -0.161. The molecule has 2 aliphatic heterocycles. The van der Waals surface area contributed by atoms with Crippen molar-refractivity contribution in [2.45, 2.75) is 178 Å². The van der Waals surface area contributed by atoms with E-state index in [2.05, 4.69) is 20.4 Å². The van der Waals surface area contributed by atoms with E-state index in [1.165, 1.54) is 116 Å². The van der Waals surface area contributed by atoms with Crippen molar-refractivity contribution in [1.82, 2.24) is 20.4 Å². The molecule has 6 saturated carbocycles. The Morgan fingerprint density at radius 2 is 0.738 bits per heavy atom. The summed E-state index contributed by atoms with van der Waals surface area (Å²) < 4.78 is 0. The van der Waals surface area contributed by atoms with Crippen molar-refractivity contribution in [3.05, 3.63) is 0 Å². The molecule has 2 saturated heterocycles. The molecule has 42 heavy (non-hydrogen) atoms. The van der Waals surface area contributed by atoms with Gasteiger partial charge in [0, 0.05) is 36.3 Å². The molecular formula is C38H66N4. The molecule has 6 aliphatic carbocycles. The first kappa shape index (κ1) is 29.3. The standard InChI is InChI=1S/C38H66N4/c1-3-11-29(12-4-1)41(31-17-21-39-22-18-31)35-25-27-9-8-16-34-36(26-28-10-7-15-33(35)37(28)38(27)34)42(30-13-5-2-6-14-30)32-19-23-40-24-20-32/h27-40H,1-26H2. The van der Waals surface area contributed by atoms with Crippen LogP contribution in [0.3, 0.4) is 0 Å². The maximum absolute atomic E-state index is 3.73. The Kier molecular flexibility index (Phi) is 9.26. The maximum Gasteiger partial charge on any atom is 0.0135 e. The Bertz CT molecular complexity index is 747. The van der Waals surface area contributed by atoms with Crippen LogP contribution in [0.15, 0.2) is 0 Å². The Morgan fingerprint density at radius 1 is 0.357 bits per heavy atom. The van der Waals surface area contributed by atoms with Crippen LogP contribution in [0, 0.1) is 35.5 Å². The monoisotopic (exact) mass is 579 g/mol. The van der Waals surface area contributed by atoms with Gasteiger partial charge in [-0.15, -0.1) is 0 Å². The molecule has 8 fully saturated rings. The van der Waals surface area contributed by atoms with E-state index in [-0.39, 0.29) is 0 Å². The highest BCUT2D eigenvalue weighted by Crippen LogP contribution is 2.62. The molecule has 0 aromatic rings. The van der Waals surface area contributed by atoms with E-state index < -0.39 is 0 Å². The Balaban J connectivity index is 1.11. The molecule has 2 heterocycles. The Morgan fingerprint density at radius 3 is 1.14 bits per heavy atom. The smallest absolute Gasteiger partial charge is 0.0135 e. The quantitative estimate of drug-likeness (QED) is 0.345. The second kappa shape index (κ2) is 13.3. The summed E-state index contributed by atoms with van der Waals surface area (Å²) in [6.45, 7) is 5.06. The van der Waals surface area contributed by atoms with E-state index in [9.17, 15) is 0 Å². The van der Waals surface area contributed by atoms with Gasteiger partial charge in [0.05, 0.1) is 0 Å². The van der Waals surface area contributed by atoms with E-state index in [0.717, 1.165) is 71.8 Å². The van der Waals surface area contributed by atoms with Crippen molar-refractivity contribution < 1.29 is 0 Å². The minimum Gasteiger partial charge on any atom is -0.317 e. The lowest BCUT2D eigenvalue weighted by atomic mass is 9.45. The van der Waals surface area contributed by atoms with Crippen LogP contribution in [0.1, 0.15) is 141 Å². The number of piperidine rings is 2. The van der Waals surface area contributed by atoms with Crippen LogP contribution in [-0.2, 0) is 0 Å². The first-order valence-electron chi connectivity index (χ1n) is 19.8. The number of nitrogens with zero attached hydrogens (tertiary/aromatic N) is 2. The molecule has 238 valence electrons. The number of rotatable bonds is 6. The van der Waals surface area contributed by atoms with Gasteiger partial charge in [-0.3, -0.25) is 9.80 Å². The molecule has 8 unspecified atom stereocenters. The molecule has 0 radical (unpaired) electrons. The van der Waals surface area contributed by atoms with Gasteiger partial charge in [0.15, 0.2) is 0 Å². The summed E-state index contributed by atoms with van der Waals surface area (Å²) in [7, 11) is 0. The fourth-order valence-corrected chi connectivity index (χ4v) is 13.7. The molecule has 0 amide bonds. The van der Waals surface area contributed by atoms with Crippen LogP contribution in [0.4, 0.5) is 0 Å². The Hall–Kier alpha value is -0.160. The van der Waals surface area contributed by atoms with Gasteiger partial charge >= 0.3 is 0 Å². The van der Waals surface area contributed by atoms with Crippen molar-refractivity contribution in [2.75, 3.05) is 26.2 Å². The van der Waals surface area contributed by atoms with Gasteiger partial charge in [-0.05, 0) is 139 Å². The fraction of sp³-hybridized carbons (Fsp3) is 1.00. The molecular weight excluding hydrogens is 512 g/mol. The van der Waals surface area contributed by atoms with Gasteiger partial charge in [0.1, 0.15) is 0 Å². The summed E-state index contributed by atoms with van der Waals surface area (Å²) >= 11 is 0. The maximum atomic E-state index is 3.73. The second-order valence-electron chi connectivity index (χ2n) is 16.9. The van der Waals surface area contributed by atoms with Gasteiger partial charge in [-0.2, -0.15) is 0 Å². The van der Waals surface area contributed by atoms with Gasteiger partial charge in [-0.1, -0.05) is 64.2 Å². The molecule has 8 aliphatic rings. The molecule has 2 N–H and O–H groups in total. The molecule has 0 aromatic heterocycles. The third kappa shape index (κ3) is 5.57. The van der Waals surface area contributed by atoms with Crippen LogP contribution in [0.25, 0.3) is 0 Å². The van der Waals surface area contributed by atoms with Crippen molar-refractivity contribution in [1.29, 1.82) is 0 Å². The van der Waals surface area contributed by atoms with Crippen molar-refractivity contribution in [3.63, 3.8) is 0 Å². The summed E-state index contributed by atoms with van der Waals surface area (Å²) in [4.78, 5) is 6.64. The third-order valence-electron chi connectivity index (χ3n) is 15.0. The van der Waals surface area contributed by atoms with Crippen LogP contribution in [-0.4, -0.2) is 72.2 Å². The normalized spacial score (nSPS) is 43.0. The van der Waals surface area contributed by atoms with Gasteiger partial charge in [0.25, 0.3) is 0 Å². The van der Waals surface area contributed by atoms with Crippen molar-refractivity contribution in [3.8, 4) is 0 Å². The third-order valence-corrected chi connectivity index (χ3v) is 15.0. The second-order valence-corrected chi connectivity index (χ2v) is 16.9. The predicted molar refractivity (Wildman–Crippen MR) is 175 cm³/mol. The first-order chi connectivity index (χ1) is 20.9. The van der Waals surface area contributed by atoms with E-state index in [4.69, 9.17) is 0 Å². The van der Waals surface area contributed by atoms with Crippen LogP contribution >= 0.6 is 0 Å². The highest BCUT2D eigenvalue weighted by atomic mass is 15.3. The van der Waals surface area contributed by atoms with Crippen LogP contribution in [0.2, 0.25) is 0 Å². The van der Waals surface area contributed by atoms with E-state index in [1.807, 2.05) is 0 Å². The predicted octanol–water partition coefficient (Wildman–Crippen LogP) is 7.37. The van der Waals surface area contributed by atoms with Crippen molar-refractivity contribution in [2.24, 2.45) is 35.5 Å². The summed E-state index contributed by atoms with van der Waals surface area (Å²) in [6, 6.07) is 5.38. The Labute approximate surface area is 259 Å². The summed E-state index contributed by atoms with van der Waals surface area (Å²) in [6.07, 6.45) is 33.2. The topological polar surface area (TPSA) is 30.5 Å². The number of hydrogen-bond acceptors (Lipinski definition) is 4. The van der Waals surface area contributed by atoms with E-state index in [1.54, 1.807) is 51.4 Å². The average Bonchev–Trinajstić information content (AvgIpc) is 3.06. The lowest BCUT2D eigenvalue weighted by Gasteiger charge is -2.66. The minimum atomic E-state index is 0.869. The average molecular weight is 579 g/mol. The van der Waals surface area contributed by atoms with Gasteiger partial charge < -0.3 is 10.6 Å². The molecule has 8 atom stereocenters. The zero-order valence-corrected chi connectivity index (χ0v) is 27.2. The van der Waals surface area contributed by atoms with E-state index >= 15 is 0 Å². The fourth-order valence-electron chi connectivity index (χ4n) is 13.7. The highest BCUT2D eigenvalue weighted by Gasteiger charge is 2.59. The van der Waals surface area contributed by atoms with Crippen LogP contribution in [0.5, 0.6) is 0 Å². The van der Waals surface area contributed by atoms with Crippen molar-refractivity contribution >= 4 is 0 Å². The van der Waals surface area contributed by atoms with E-state index in [0.29, 0.717) is 0 Å². The number of nitrogens with one attached hydrogen (secondary N) is 2. The molecule has 4 heteroatoms. The molecule has 4 nitrogen and oxygen atoms in total. The first-order valence-corrected chi connectivity index (χ1v) is 19.8.